The standard InChI is InChI=1S/C14H14ClN3O3/c1-4-10-5-6-12(11(7-10)18(19)20)21-14-8(2)13(15)16-9(3)17-14/h5-7H,4H2,1-3H3. The summed E-state index contributed by atoms with van der Waals surface area (Å²) < 4.78 is 5.59. The maximum atomic E-state index is 11.2. The van der Waals surface area contributed by atoms with Gasteiger partial charge in [-0.3, -0.25) is 10.1 Å². The summed E-state index contributed by atoms with van der Waals surface area (Å²) in [6.07, 6.45) is 0.707. The van der Waals surface area contributed by atoms with Crippen LogP contribution in [0.2, 0.25) is 5.15 Å². The molecule has 0 radical (unpaired) electrons. The van der Waals surface area contributed by atoms with Crippen LogP contribution in [-0.4, -0.2) is 14.9 Å². The van der Waals surface area contributed by atoms with Crippen molar-refractivity contribution in [2.45, 2.75) is 27.2 Å². The average molecular weight is 308 g/mol. The van der Waals surface area contributed by atoms with E-state index in [9.17, 15) is 10.1 Å². The van der Waals surface area contributed by atoms with E-state index in [2.05, 4.69) is 9.97 Å². The van der Waals surface area contributed by atoms with Gasteiger partial charge in [0.15, 0.2) is 0 Å². The first-order valence-electron chi connectivity index (χ1n) is 6.38. The summed E-state index contributed by atoms with van der Waals surface area (Å²) >= 11 is 5.97. The van der Waals surface area contributed by atoms with E-state index in [1.54, 1.807) is 26.0 Å². The summed E-state index contributed by atoms with van der Waals surface area (Å²) in [6, 6.07) is 4.86. The summed E-state index contributed by atoms with van der Waals surface area (Å²) in [4.78, 5) is 18.8. The predicted molar refractivity (Wildman–Crippen MR) is 79.1 cm³/mol. The Labute approximate surface area is 126 Å². The fraction of sp³-hybridized carbons (Fsp3) is 0.286. The maximum Gasteiger partial charge on any atom is 0.311 e. The van der Waals surface area contributed by atoms with Crippen molar-refractivity contribution < 1.29 is 9.66 Å². The topological polar surface area (TPSA) is 78.2 Å². The molecule has 0 aliphatic heterocycles. The van der Waals surface area contributed by atoms with E-state index in [0.29, 0.717) is 17.8 Å². The van der Waals surface area contributed by atoms with Gasteiger partial charge in [-0.25, -0.2) is 4.98 Å². The first-order chi connectivity index (χ1) is 9.92. The zero-order valence-electron chi connectivity index (χ0n) is 11.9. The number of aromatic nitrogens is 2. The Bertz CT molecular complexity index is 704. The molecule has 0 aliphatic rings. The Morgan fingerprint density at radius 2 is 2.05 bits per heavy atom. The van der Waals surface area contributed by atoms with Crippen LogP contribution in [0.25, 0.3) is 0 Å². The highest BCUT2D eigenvalue weighted by molar-refractivity contribution is 6.30. The molecule has 2 rings (SSSR count). The van der Waals surface area contributed by atoms with Crippen molar-refractivity contribution in [3.63, 3.8) is 0 Å². The normalized spacial score (nSPS) is 10.5. The number of halogens is 1. The molecule has 0 N–H and O–H groups in total. The van der Waals surface area contributed by atoms with Crippen LogP contribution in [0.1, 0.15) is 23.9 Å². The molecule has 6 nitrogen and oxygen atoms in total. The van der Waals surface area contributed by atoms with Crippen molar-refractivity contribution >= 4 is 17.3 Å². The lowest BCUT2D eigenvalue weighted by Gasteiger charge is -2.10. The van der Waals surface area contributed by atoms with Gasteiger partial charge in [-0.05, 0) is 31.9 Å². The molecule has 0 saturated heterocycles. The molecular formula is C14H14ClN3O3. The number of aryl methyl sites for hydroxylation is 2. The Morgan fingerprint density at radius 1 is 1.33 bits per heavy atom. The lowest BCUT2D eigenvalue weighted by atomic mass is 10.1. The van der Waals surface area contributed by atoms with E-state index in [1.807, 2.05) is 6.92 Å². The number of hydrogen-bond acceptors (Lipinski definition) is 5. The minimum Gasteiger partial charge on any atom is -0.431 e. The van der Waals surface area contributed by atoms with Gasteiger partial charge in [0, 0.05) is 11.6 Å². The summed E-state index contributed by atoms with van der Waals surface area (Å²) in [6.45, 7) is 5.30. The third-order valence-corrected chi connectivity index (χ3v) is 3.36. The minimum atomic E-state index is -0.473. The molecule has 110 valence electrons. The Hall–Kier alpha value is -2.21. The predicted octanol–water partition coefficient (Wildman–Crippen LogP) is 4.01. The molecule has 2 aromatic rings. The summed E-state index contributed by atoms with van der Waals surface area (Å²) in [5, 5.41) is 11.4. The first kappa shape index (κ1) is 15.2. The minimum absolute atomic E-state index is 0.0962. The van der Waals surface area contributed by atoms with Crippen LogP contribution in [0.4, 0.5) is 5.69 Å². The van der Waals surface area contributed by atoms with Crippen LogP contribution in [0.3, 0.4) is 0 Å². The first-order valence-corrected chi connectivity index (χ1v) is 6.76. The van der Waals surface area contributed by atoms with Gasteiger partial charge in [-0.2, -0.15) is 4.98 Å². The third kappa shape index (κ3) is 3.28. The summed E-state index contributed by atoms with van der Waals surface area (Å²) in [7, 11) is 0. The van der Waals surface area contributed by atoms with Gasteiger partial charge in [0.05, 0.1) is 4.92 Å². The van der Waals surface area contributed by atoms with Crippen molar-refractivity contribution in [3.8, 4) is 11.6 Å². The molecular weight excluding hydrogens is 294 g/mol. The lowest BCUT2D eigenvalue weighted by molar-refractivity contribution is -0.385. The van der Waals surface area contributed by atoms with E-state index in [4.69, 9.17) is 16.3 Å². The monoisotopic (exact) mass is 307 g/mol. The molecule has 0 fully saturated rings. The fourth-order valence-electron chi connectivity index (χ4n) is 1.79. The highest BCUT2D eigenvalue weighted by atomic mass is 35.5. The van der Waals surface area contributed by atoms with Crippen LogP contribution in [0.5, 0.6) is 11.6 Å². The Morgan fingerprint density at radius 3 is 2.67 bits per heavy atom. The van der Waals surface area contributed by atoms with E-state index in [1.165, 1.54) is 6.07 Å². The number of benzene rings is 1. The van der Waals surface area contributed by atoms with Gasteiger partial charge >= 0.3 is 5.69 Å². The molecule has 0 saturated carbocycles. The summed E-state index contributed by atoms with van der Waals surface area (Å²) in [5.74, 6) is 0.794. The number of ether oxygens (including phenoxy) is 1. The van der Waals surface area contributed by atoms with Crippen molar-refractivity contribution in [3.05, 3.63) is 50.4 Å². The van der Waals surface area contributed by atoms with E-state index >= 15 is 0 Å². The van der Waals surface area contributed by atoms with Crippen molar-refractivity contribution in [2.75, 3.05) is 0 Å². The Balaban J connectivity index is 2.47. The number of nitrogens with zero attached hydrogens (tertiary/aromatic N) is 3. The van der Waals surface area contributed by atoms with Crippen molar-refractivity contribution in [1.29, 1.82) is 0 Å². The number of nitro groups is 1. The van der Waals surface area contributed by atoms with Crippen LogP contribution in [0.15, 0.2) is 18.2 Å². The zero-order valence-corrected chi connectivity index (χ0v) is 12.6. The SMILES string of the molecule is CCc1ccc(Oc2nc(C)nc(Cl)c2C)c([N+](=O)[O-])c1. The number of rotatable bonds is 4. The van der Waals surface area contributed by atoms with E-state index in [0.717, 1.165) is 5.56 Å². The molecule has 0 aliphatic carbocycles. The second-order valence-electron chi connectivity index (χ2n) is 4.51. The highest BCUT2D eigenvalue weighted by Gasteiger charge is 2.19. The van der Waals surface area contributed by atoms with Crippen LogP contribution >= 0.6 is 11.6 Å². The highest BCUT2D eigenvalue weighted by Crippen LogP contribution is 2.34. The molecule has 0 unspecified atom stereocenters. The van der Waals surface area contributed by atoms with Crippen LogP contribution in [0, 0.1) is 24.0 Å². The number of hydrogen-bond donors (Lipinski definition) is 0. The zero-order chi connectivity index (χ0) is 15.6. The molecule has 0 amide bonds. The molecule has 1 heterocycles. The van der Waals surface area contributed by atoms with Gasteiger partial charge in [0.1, 0.15) is 11.0 Å². The van der Waals surface area contributed by atoms with Gasteiger partial charge < -0.3 is 4.74 Å². The van der Waals surface area contributed by atoms with Crippen molar-refractivity contribution in [1.82, 2.24) is 9.97 Å². The third-order valence-electron chi connectivity index (χ3n) is 2.99. The van der Waals surface area contributed by atoms with Gasteiger partial charge in [0.25, 0.3) is 0 Å². The van der Waals surface area contributed by atoms with Gasteiger partial charge in [-0.15, -0.1) is 0 Å². The largest absolute Gasteiger partial charge is 0.431 e. The molecule has 7 heteroatoms. The second kappa shape index (κ2) is 6.05. The fourth-order valence-corrected chi connectivity index (χ4v) is 1.99. The quantitative estimate of drug-likeness (QED) is 0.484. The lowest BCUT2D eigenvalue weighted by Crippen LogP contribution is -2.00. The van der Waals surface area contributed by atoms with Gasteiger partial charge in [-0.1, -0.05) is 24.6 Å². The van der Waals surface area contributed by atoms with E-state index < -0.39 is 4.92 Å². The maximum absolute atomic E-state index is 11.2. The Kier molecular flexibility index (Phi) is 4.37. The molecule has 0 atom stereocenters. The molecule has 0 spiro atoms. The molecule has 1 aromatic carbocycles. The van der Waals surface area contributed by atoms with Gasteiger partial charge in [0.2, 0.25) is 11.6 Å². The number of nitro benzene ring substituents is 1. The second-order valence-corrected chi connectivity index (χ2v) is 4.86. The van der Waals surface area contributed by atoms with Crippen molar-refractivity contribution in [2.24, 2.45) is 0 Å². The summed E-state index contributed by atoms with van der Waals surface area (Å²) in [5.41, 5.74) is 1.31. The van der Waals surface area contributed by atoms with Crippen LogP contribution < -0.4 is 4.74 Å². The smallest absolute Gasteiger partial charge is 0.311 e. The van der Waals surface area contributed by atoms with E-state index in [-0.39, 0.29) is 22.5 Å². The molecule has 1 aromatic heterocycles. The van der Waals surface area contributed by atoms with Crippen LogP contribution in [-0.2, 0) is 6.42 Å². The molecule has 21 heavy (non-hydrogen) atoms. The molecule has 0 bridgehead atoms. The average Bonchev–Trinajstić information content (AvgIpc) is 2.44.